The highest BCUT2D eigenvalue weighted by Gasteiger charge is 2.49. The summed E-state index contributed by atoms with van der Waals surface area (Å²) in [6, 6.07) is 2.31. The van der Waals surface area contributed by atoms with Crippen LogP contribution in [0.2, 0.25) is 0 Å². The fourth-order valence-electron chi connectivity index (χ4n) is 4.56. The second-order valence-electron chi connectivity index (χ2n) is 7.68. The van der Waals surface area contributed by atoms with Crippen molar-refractivity contribution >= 4 is 11.8 Å². The third-order valence-corrected chi connectivity index (χ3v) is 6.16. The van der Waals surface area contributed by atoms with Gasteiger partial charge in [-0.1, -0.05) is 12.8 Å². The molecule has 3 fully saturated rings. The van der Waals surface area contributed by atoms with Gasteiger partial charge in [0.25, 0.3) is 0 Å². The predicted molar refractivity (Wildman–Crippen MR) is 87.8 cm³/mol. The molecular weight excluding hydrogens is 306 g/mol. The van der Waals surface area contributed by atoms with E-state index >= 15 is 0 Å². The van der Waals surface area contributed by atoms with E-state index in [1.54, 1.807) is 7.11 Å². The molecule has 0 radical (unpaired) electrons. The van der Waals surface area contributed by atoms with Gasteiger partial charge in [-0.05, 0) is 25.7 Å². The highest BCUT2D eigenvalue weighted by molar-refractivity contribution is 5.86. The summed E-state index contributed by atoms with van der Waals surface area (Å²) in [7, 11) is 1.65. The number of hydrogen-bond donors (Lipinski definition) is 0. The van der Waals surface area contributed by atoms with Crippen molar-refractivity contribution in [2.45, 2.75) is 44.9 Å². The first-order chi connectivity index (χ1) is 11.5. The summed E-state index contributed by atoms with van der Waals surface area (Å²) >= 11 is 0. The number of methoxy groups -OCH3 is 1. The average molecular weight is 333 g/mol. The molecule has 1 spiro atoms. The van der Waals surface area contributed by atoms with Crippen molar-refractivity contribution in [3.63, 3.8) is 0 Å². The summed E-state index contributed by atoms with van der Waals surface area (Å²) in [5.74, 6) is 0.231. The lowest BCUT2D eigenvalue weighted by Crippen LogP contribution is -2.49. The maximum atomic E-state index is 12.8. The van der Waals surface area contributed by atoms with E-state index in [4.69, 9.17) is 4.74 Å². The van der Waals surface area contributed by atoms with Gasteiger partial charge in [0.15, 0.2) is 0 Å². The minimum absolute atomic E-state index is 0.0110. The van der Waals surface area contributed by atoms with Crippen LogP contribution >= 0.6 is 0 Å². The Kier molecular flexibility index (Phi) is 4.82. The summed E-state index contributed by atoms with van der Waals surface area (Å²) < 4.78 is 5.08. The van der Waals surface area contributed by atoms with E-state index in [0.29, 0.717) is 45.5 Å². The lowest BCUT2D eigenvalue weighted by Gasteiger charge is -2.40. The Morgan fingerprint density at radius 1 is 1.25 bits per heavy atom. The smallest absolute Gasteiger partial charge is 0.243 e. The summed E-state index contributed by atoms with van der Waals surface area (Å²) in [4.78, 5) is 28.8. The minimum atomic E-state index is -0.777. The molecule has 1 saturated carbocycles. The Bertz CT molecular complexity index is 540. The molecule has 0 unspecified atom stereocenters. The number of likely N-dealkylation sites (tertiary alicyclic amines) is 2. The third kappa shape index (κ3) is 3.02. The molecule has 24 heavy (non-hydrogen) atoms. The van der Waals surface area contributed by atoms with Crippen LogP contribution < -0.4 is 0 Å². The van der Waals surface area contributed by atoms with E-state index in [9.17, 15) is 14.9 Å². The molecule has 1 aliphatic carbocycles. The summed E-state index contributed by atoms with van der Waals surface area (Å²) in [6.07, 6.45) is 5.65. The van der Waals surface area contributed by atoms with Gasteiger partial charge >= 0.3 is 0 Å². The Labute approximate surface area is 143 Å². The third-order valence-electron chi connectivity index (χ3n) is 6.16. The number of carbonyl (C=O) groups excluding carboxylic acids is 2. The summed E-state index contributed by atoms with van der Waals surface area (Å²) in [5.41, 5.74) is -0.766. The molecule has 2 heterocycles. The van der Waals surface area contributed by atoms with Crippen LogP contribution in [0.4, 0.5) is 0 Å². The van der Waals surface area contributed by atoms with Gasteiger partial charge in [-0.25, -0.2) is 0 Å². The van der Waals surface area contributed by atoms with Gasteiger partial charge in [0.2, 0.25) is 11.8 Å². The molecule has 3 rings (SSSR count). The van der Waals surface area contributed by atoms with Crippen LogP contribution in [-0.4, -0.2) is 61.5 Å². The standard InChI is InChI=1S/C18H27N3O3/c1-24-11-10-21-14-17(12-15(21)22)6-8-20(9-7-17)16(23)18(13-19)4-2-3-5-18/h2-12,14H2,1H3. The van der Waals surface area contributed by atoms with Crippen LogP contribution in [0.25, 0.3) is 0 Å². The zero-order valence-corrected chi connectivity index (χ0v) is 14.6. The largest absolute Gasteiger partial charge is 0.383 e. The first kappa shape index (κ1) is 17.2. The number of nitriles is 1. The van der Waals surface area contributed by atoms with Gasteiger partial charge in [-0.2, -0.15) is 5.26 Å². The van der Waals surface area contributed by atoms with Crippen molar-refractivity contribution in [3.05, 3.63) is 0 Å². The van der Waals surface area contributed by atoms with Gasteiger partial charge in [0, 0.05) is 45.1 Å². The monoisotopic (exact) mass is 333 g/mol. The van der Waals surface area contributed by atoms with E-state index in [1.807, 2.05) is 9.80 Å². The molecule has 2 saturated heterocycles. The van der Waals surface area contributed by atoms with Crippen molar-refractivity contribution < 1.29 is 14.3 Å². The number of hydrogen-bond acceptors (Lipinski definition) is 4. The maximum absolute atomic E-state index is 12.8. The number of amides is 2. The molecule has 2 amide bonds. The van der Waals surface area contributed by atoms with Gasteiger partial charge in [0.1, 0.15) is 5.41 Å². The topological polar surface area (TPSA) is 73.6 Å². The first-order valence-electron chi connectivity index (χ1n) is 9.02. The maximum Gasteiger partial charge on any atom is 0.243 e. The van der Waals surface area contributed by atoms with Crippen molar-refractivity contribution in [1.82, 2.24) is 9.80 Å². The molecule has 0 aromatic rings. The van der Waals surface area contributed by atoms with Crippen LogP contribution in [0.5, 0.6) is 0 Å². The first-order valence-corrected chi connectivity index (χ1v) is 9.02. The zero-order chi connectivity index (χ0) is 17.2. The molecule has 0 bridgehead atoms. The number of ether oxygens (including phenoxy) is 1. The highest BCUT2D eigenvalue weighted by atomic mass is 16.5. The van der Waals surface area contributed by atoms with Crippen molar-refractivity contribution in [2.24, 2.45) is 10.8 Å². The molecule has 0 aromatic carbocycles. The van der Waals surface area contributed by atoms with Crippen LogP contribution in [0.1, 0.15) is 44.9 Å². The van der Waals surface area contributed by atoms with Gasteiger partial charge in [-0.3, -0.25) is 9.59 Å². The van der Waals surface area contributed by atoms with Crippen molar-refractivity contribution in [2.75, 3.05) is 39.9 Å². The lowest BCUT2D eigenvalue weighted by atomic mass is 9.76. The Balaban J connectivity index is 1.59. The fraction of sp³-hybridized carbons (Fsp3) is 0.833. The normalized spacial score (nSPS) is 25.2. The molecular formula is C18H27N3O3. The molecule has 3 aliphatic rings. The number of rotatable bonds is 4. The molecule has 2 aliphatic heterocycles. The predicted octanol–water partition coefficient (Wildman–Crippen LogP) is 1.56. The van der Waals surface area contributed by atoms with E-state index in [1.165, 1.54) is 0 Å². The van der Waals surface area contributed by atoms with Crippen molar-refractivity contribution in [3.8, 4) is 6.07 Å². The average Bonchev–Trinajstić information content (AvgIpc) is 3.19. The van der Waals surface area contributed by atoms with E-state index in [2.05, 4.69) is 6.07 Å². The zero-order valence-electron chi connectivity index (χ0n) is 14.6. The molecule has 6 nitrogen and oxygen atoms in total. The number of carbonyl (C=O) groups is 2. The molecule has 0 atom stereocenters. The van der Waals surface area contributed by atoms with E-state index < -0.39 is 5.41 Å². The van der Waals surface area contributed by atoms with Crippen LogP contribution in [-0.2, 0) is 14.3 Å². The van der Waals surface area contributed by atoms with Gasteiger partial charge in [-0.15, -0.1) is 0 Å². The Morgan fingerprint density at radius 3 is 2.50 bits per heavy atom. The molecule has 6 heteroatoms. The second-order valence-corrected chi connectivity index (χ2v) is 7.68. The van der Waals surface area contributed by atoms with E-state index in [-0.39, 0.29) is 17.2 Å². The fourth-order valence-corrected chi connectivity index (χ4v) is 4.56. The van der Waals surface area contributed by atoms with Crippen molar-refractivity contribution in [1.29, 1.82) is 5.26 Å². The SMILES string of the molecule is COCCN1CC2(CCN(C(=O)C3(C#N)CCCC3)CC2)CC1=O. The highest BCUT2D eigenvalue weighted by Crippen LogP contribution is 2.44. The number of piperidine rings is 1. The Morgan fingerprint density at radius 2 is 1.92 bits per heavy atom. The van der Waals surface area contributed by atoms with Crippen LogP contribution in [0, 0.1) is 22.2 Å². The molecule has 0 aromatic heterocycles. The Hall–Kier alpha value is -1.61. The summed E-state index contributed by atoms with van der Waals surface area (Å²) in [6.45, 7) is 3.34. The molecule has 132 valence electrons. The van der Waals surface area contributed by atoms with E-state index in [0.717, 1.165) is 32.2 Å². The van der Waals surface area contributed by atoms with Crippen LogP contribution in [0.15, 0.2) is 0 Å². The quantitative estimate of drug-likeness (QED) is 0.782. The van der Waals surface area contributed by atoms with Gasteiger partial charge in [0.05, 0.1) is 12.7 Å². The lowest BCUT2D eigenvalue weighted by molar-refractivity contribution is -0.141. The summed E-state index contributed by atoms with van der Waals surface area (Å²) in [5, 5.41) is 9.51. The van der Waals surface area contributed by atoms with Crippen LogP contribution in [0.3, 0.4) is 0 Å². The molecule has 0 N–H and O–H groups in total. The second kappa shape index (κ2) is 6.72. The number of nitrogens with zero attached hydrogens (tertiary/aromatic N) is 3. The van der Waals surface area contributed by atoms with Gasteiger partial charge < -0.3 is 14.5 Å². The minimum Gasteiger partial charge on any atom is -0.383 e.